The zero-order valence-electron chi connectivity index (χ0n) is 7.90. The molecule has 2 rings (SSSR count). The largest absolute Gasteiger partial charge is 0.361 e. The van der Waals surface area contributed by atoms with Gasteiger partial charge in [0, 0.05) is 11.7 Å². The molecule has 2 aromatic rings. The minimum atomic E-state index is -4.37. The van der Waals surface area contributed by atoms with Gasteiger partial charge in [-0.15, -0.1) is 3.89 Å². The topological polar surface area (TPSA) is 49.9 Å². The minimum absolute atomic E-state index is 0.208. The zero-order chi connectivity index (χ0) is 10.9. The summed E-state index contributed by atoms with van der Waals surface area (Å²) in [7, 11) is -4.37. The van der Waals surface area contributed by atoms with Gasteiger partial charge in [0.15, 0.2) is 0 Å². The van der Waals surface area contributed by atoms with E-state index in [2.05, 4.69) is 4.98 Å². The molecule has 0 aliphatic rings. The van der Waals surface area contributed by atoms with E-state index in [4.69, 9.17) is 0 Å². The van der Waals surface area contributed by atoms with Crippen LogP contribution in [0.3, 0.4) is 0 Å². The smallest absolute Gasteiger partial charge is 0.302 e. The molecule has 0 fully saturated rings. The lowest BCUT2D eigenvalue weighted by molar-refractivity contribution is 0.551. The molecule has 0 spiro atoms. The second-order valence-corrected chi connectivity index (χ2v) is 4.88. The third-order valence-electron chi connectivity index (χ3n) is 2.25. The molecular weight excluding hydrogens is 217 g/mol. The van der Waals surface area contributed by atoms with E-state index in [-0.39, 0.29) is 6.42 Å². The first-order valence-corrected chi connectivity index (χ1v) is 6.08. The maximum atomic E-state index is 12.3. The summed E-state index contributed by atoms with van der Waals surface area (Å²) in [5, 5.41) is 1.00. The number of nitrogens with one attached hydrogen (secondary N) is 1. The highest BCUT2D eigenvalue weighted by atomic mass is 32.3. The van der Waals surface area contributed by atoms with Gasteiger partial charge in [0.2, 0.25) is 0 Å². The quantitative estimate of drug-likeness (QED) is 0.815. The van der Waals surface area contributed by atoms with E-state index in [1.54, 1.807) is 12.3 Å². The molecule has 1 N–H and O–H groups in total. The minimum Gasteiger partial charge on any atom is -0.361 e. The first kappa shape index (κ1) is 10.2. The molecule has 0 saturated heterocycles. The maximum Gasteiger partial charge on any atom is 0.302 e. The number of fused-ring (bicyclic) bond motifs is 1. The molecule has 3 nitrogen and oxygen atoms in total. The molecule has 0 aliphatic heterocycles. The number of hydrogen-bond donors (Lipinski definition) is 1. The molecule has 0 bridgehead atoms. The van der Waals surface area contributed by atoms with E-state index in [1.807, 2.05) is 18.2 Å². The molecule has 15 heavy (non-hydrogen) atoms. The van der Waals surface area contributed by atoms with Crippen molar-refractivity contribution in [2.45, 2.75) is 6.42 Å². The van der Waals surface area contributed by atoms with Crippen LogP contribution in [0.25, 0.3) is 10.9 Å². The van der Waals surface area contributed by atoms with Gasteiger partial charge in [-0.3, -0.25) is 0 Å². The van der Waals surface area contributed by atoms with Crippen molar-refractivity contribution in [3.63, 3.8) is 0 Å². The fourth-order valence-corrected chi connectivity index (χ4v) is 1.98. The molecule has 1 aromatic heterocycles. The molecule has 0 radical (unpaired) electrons. The summed E-state index contributed by atoms with van der Waals surface area (Å²) in [5.41, 5.74) is 1.81. The first-order chi connectivity index (χ1) is 7.04. The molecule has 1 heterocycles. The van der Waals surface area contributed by atoms with E-state index in [0.29, 0.717) is 0 Å². The van der Waals surface area contributed by atoms with Gasteiger partial charge in [-0.1, -0.05) is 6.07 Å². The molecule has 0 unspecified atom stereocenters. The predicted octanol–water partition coefficient (Wildman–Crippen LogP) is 2.01. The number of aromatic nitrogens is 1. The number of benzene rings is 1. The number of H-pyrrole nitrogens is 1. The average molecular weight is 227 g/mol. The van der Waals surface area contributed by atoms with Gasteiger partial charge in [0.25, 0.3) is 0 Å². The second-order valence-electron chi connectivity index (χ2n) is 3.39. The van der Waals surface area contributed by atoms with Crippen molar-refractivity contribution in [2.75, 3.05) is 5.75 Å². The molecule has 0 amide bonds. The highest BCUT2D eigenvalue weighted by Gasteiger charge is 2.07. The van der Waals surface area contributed by atoms with Gasteiger partial charge in [-0.2, -0.15) is 8.42 Å². The fourth-order valence-electron chi connectivity index (χ4n) is 1.50. The molecule has 0 aliphatic carbocycles. The number of rotatable bonds is 3. The van der Waals surface area contributed by atoms with Crippen LogP contribution in [-0.4, -0.2) is 19.2 Å². The summed E-state index contributed by atoms with van der Waals surface area (Å²) in [6.07, 6.45) is 2.01. The molecular formula is C10H10FNO2S. The van der Waals surface area contributed by atoms with Crippen molar-refractivity contribution in [3.8, 4) is 0 Å². The Hall–Kier alpha value is -1.36. The van der Waals surface area contributed by atoms with Gasteiger partial charge < -0.3 is 4.98 Å². The Bertz CT molecular complexity index is 574. The van der Waals surface area contributed by atoms with Gasteiger partial charge in [0.1, 0.15) is 0 Å². The van der Waals surface area contributed by atoms with Crippen LogP contribution in [0.5, 0.6) is 0 Å². The predicted molar refractivity (Wildman–Crippen MR) is 56.9 cm³/mol. The Morgan fingerprint density at radius 2 is 2.07 bits per heavy atom. The highest BCUT2D eigenvalue weighted by molar-refractivity contribution is 7.86. The monoisotopic (exact) mass is 227 g/mol. The van der Waals surface area contributed by atoms with Crippen LogP contribution in [0.2, 0.25) is 0 Å². The van der Waals surface area contributed by atoms with Crippen LogP contribution in [-0.2, 0) is 16.6 Å². The Balaban J connectivity index is 2.21. The number of aromatic amines is 1. The van der Waals surface area contributed by atoms with E-state index < -0.39 is 16.0 Å². The van der Waals surface area contributed by atoms with Crippen LogP contribution >= 0.6 is 0 Å². The standard InChI is InChI=1S/C10H10FNO2S/c11-15(13,14)6-4-8-1-2-10-9(7-8)3-5-12-10/h1-3,5,7,12H,4,6H2. The molecule has 0 saturated carbocycles. The number of halogens is 1. The molecule has 5 heteroatoms. The van der Waals surface area contributed by atoms with Crippen LogP contribution in [0.4, 0.5) is 3.89 Å². The van der Waals surface area contributed by atoms with Gasteiger partial charge >= 0.3 is 10.2 Å². The van der Waals surface area contributed by atoms with E-state index >= 15 is 0 Å². The Kier molecular flexibility index (Phi) is 2.48. The lowest BCUT2D eigenvalue weighted by Crippen LogP contribution is -2.01. The maximum absolute atomic E-state index is 12.3. The van der Waals surface area contributed by atoms with Crippen LogP contribution in [0.1, 0.15) is 5.56 Å². The van der Waals surface area contributed by atoms with Gasteiger partial charge in [-0.05, 0) is 35.6 Å². The Labute approximate surface area is 87.1 Å². The van der Waals surface area contributed by atoms with Crippen molar-refractivity contribution in [3.05, 3.63) is 36.0 Å². The summed E-state index contributed by atoms with van der Waals surface area (Å²) in [6.45, 7) is 0. The fraction of sp³-hybridized carbons (Fsp3) is 0.200. The Morgan fingerprint density at radius 1 is 1.27 bits per heavy atom. The number of aryl methyl sites for hydroxylation is 1. The SMILES string of the molecule is O=S(=O)(F)CCc1ccc2[nH]ccc2c1. The van der Waals surface area contributed by atoms with Crippen molar-refractivity contribution in [2.24, 2.45) is 0 Å². The molecule has 0 atom stereocenters. The third kappa shape index (κ3) is 2.56. The zero-order valence-corrected chi connectivity index (χ0v) is 8.72. The lowest BCUT2D eigenvalue weighted by atomic mass is 10.1. The molecule has 1 aromatic carbocycles. The van der Waals surface area contributed by atoms with Gasteiger partial charge in [0.05, 0.1) is 5.75 Å². The summed E-state index contributed by atoms with van der Waals surface area (Å²) in [4.78, 5) is 3.03. The van der Waals surface area contributed by atoms with Crippen LogP contribution in [0.15, 0.2) is 30.5 Å². The van der Waals surface area contributed by atoms with E-state index in [9.17, 15) is 12.3 Å². The Morgan fingerprint density at radius 3 is 2.80 bits per heavy atom. The average Bonchev–Trinajstić information content (AvgIpc) is 2.60. The first-order valence-electron chi connectivity index (χ1n) is 4.53. The van der Waals surface area contributed by atoms with Gasteiger partial charge in [-0.25, -0.2) is 0 Å². The number of hydrogen-bond acceptors (Lipinski definition) is 2. The highest BCUT2D eigenvalue weighted by Crippen LogP contribution is 2.15. The second kappa shape index (κ2) is 3.66. The van der Waals surface area contributed by atoms with E-state index in [0.717, 1.165) is 16.5 Å². The lowest BCUT2D eigenvalue weighted by Gasteiger charge is -1.98. The van der Waals surface area contributed by atoms with Crippen molar-refractivity contribution in [1.29, 1.82) is 0 Å². The summed E-state index contributed by atoms with van der Waals surface area (Å²) in [6, 6.07) is 7.40. The van der Waals surface area contributed by atoms with Crippen molar-refractivity contribution >= 4 is 21.1 Å². The summed E-state index contributed by atoms with van der Waals surface area (Å²) in [5.74, 6) is -0.455. The van der Waals surface area contributed by atoms with Crippen LogP contribution in [0, 0.1) is 0 Å². The molecule has 80 valence electrons. The van der Waals surface area contributed by atoms with E-state index in [1.165, 1.54) is 0 Å². The van der Waals surface area contributed by atoms with Crippen LogP contribution < -0.4 is 0 Å². The summed E-state index contributed by atoms with van der Waals surface area (Å²) < 4.78 is 33.0. The van der Waals surface area contributed by atoms with Crippen molar-refractivity contribution in [1.82, 2.24) is 4.98 Å². The normalized spacial score (nSPS) is 12.1. The van der Waals surface area contributed by atoms with Crippen molar-refractivity contribution < 1.29 is 12.3 Å². The summed E-state index contributed by atoms with van der Waals surface area (Å²) >= 11 is 0. The third-order valence-corrected chi connectivity index (χ3v) is 2.94.